The van der Waals surface area contributed by atoms with Gasteiger partial charge in [-0.3, -0.25) is 9.78 Å². The fourth-order valence-corrected chi connectivity index (χ4v) is 6.84. The molecule has 9 heteroatoms. The molecule has 3 aromatic rings. The average Bonchev–Trinajstić information content (AvgIpc) is 3.39. The van der Waals surface area contributed by atoms with Gasteiger partial charge in [0.05, 0.1) is 33.4 Å². The Morgan fingerprint density at radius 2 is 2.14 bits per heavy atom. The number of rotatable bonds is 11. The molecule has 188 valence electrons. The van der Waals surface area contributed by atoms with Crippen molar-refractivity contribution in [3.63, 3.8) is 0 Å². The quantitative estimate of drug-likeness (QED) is 0.226. The molecule has 1 aromatic carbocycles. The van der Waals surface area contributed by atoms with E-state index < -0.39 is 17.5 Å². The van der Waals surface area contributed by atoms with Crippen molar-refractivity contribution in [2.24, 2.45) is 5.41 Å². The van der Waals surface area contributed by atoms with Crippen LogP contribution in [0.4, 0.5) is 0 Å². The molecule has 0 saturated carbocycles. The van der Waals surface area contributed by atoms with Crippen LogP contribution in [0.15, 0.2) is 46.1 Å². The second-order valence-electron chi connectivity index (χ2n) is 9.02. The van der Waals surface area contributed by atoms with Gasteiger partial charge >= 0.3 is 5.97 Å². The molecule has 1 atom stereocenters. The molecule has 0 amide bonds. The minimum absolute atomic E-state index is 0.319. The fourth-order valence-electron chi connectivity index (χ4n) is 4.77. The minimum atomic E-state index is -0.886. The molecular weight excluding hydrogens is 504 g/mol. The topological polar surface area (TPSA) is 82.9 Å². The predicted octanol–water partition coefficient (Wildman–Crippen LogP) is 6.12. The number of hydrogen-bond donors (Lipinski definition) is 2. The Labute approximate surface area is 219 Å². The number of aromatic nitrogens is 1. The Bertz CT molecular complexity index is 1130. The molecule has 35 heavy (non-hydrogen) atoms. The number of nitrogens with zero attached hydrogens (tertiary/aromatic N) is 2. The molecule has 1 saturated heterocycles. The number of carboxylic acids is 1. The van der Waals surface area contributed by atoms with Crippen molar-refractivity contribution in [3.05, 3.63) is 52.5 Å². The number of carboxylic acid groups (broad SMARTS) is 1. The van der Waals surface area contributed by atoms with E-state index in [0.29, 0.717) is 47.5 Å². The van der Waals surface area contributed by atoms with Gasteiger partial charge in [0, 0.05) is 22.9 Å². The van der Waals surface area contributed by atoms with E-state index in [2.05, 4.69) is 27.4 Å². The van der Waals surface area contributed by atoms with Gasteiger partial charge in [-0.1, -0.05) is 17.7 Å². The summed E-state index contributed by atoms with van der Waals surface area (Å²) in [6.45, 7) is 2.52. The Morgan fingerprint density at radius 1 is 1.34 bits per heavy atom. The number of fused-ring (bicyclic) bond motifs is 1. The third-order valence-corrected chi connectivity index (χ3v) is 9.44. The molecule has 2 N–H and O–H groups in total. The van der Waals surface area contributed by atoms with Crippen molar-refractivity contribution >= 4 is 51.6 Å². The number of ether oxygens (including phenoxy) is 1. The molecule has 6 nitrogen and oxygen atoms in total. The van der Waals surface area contributed by atoms with Crippen LogP contribution in [-0.2, 0) is 4.79 Å². The zero-order chi connectivity index (χ0) is 24.8. The summed E-state index contributed by atoms with van der Waals surface area (Å²) >= 11 is 10.1. The van der Waals surface area contributed by atoms with Gasteiger partial charge in [0.25, 0.3) is 0 Å². The van der Waals surface area contributed by atoms with Crippen LogP contribution in [0.1, 0.15) is 43.8 Å². The summed E-state index contributed by atoms with van der Waals surface area (Å²) in [7, 11) is 1.58. The number of aliphatic hydroxyl groups is 1. The van der Waals surface area contributed by atoms with Gasteiger partial charge in [0.2, 0.25) is 0 Å². The molecule has 0 aliphatic carbocycles. The van der Waals surface area contributed by atoms with Crippen molar-refractivity contribution in [2.75, 3.05) is 32.5 Å². The third-order valence-electron chi connectivity index (χ3n) is 6.92. The van der Waals surface area contributed by atoms with Gasteiger partial charge in [-0.05, 0) is 81.4 Å². The van der Waals surface area contributed by atoms with E-state index in [9.17, 15) is 15.0 Å². The highest BCUT2D eigenvalue weighted by Gasteiger charge is 2.41. The third kappa shape index (κ3) is 6.30. The van der Waals surface area contributed by atoms with Crippen LogP contribution in [0.3, 0.4) is 0 Å². The second kappa shape index (κ2) is 11.9. The number of carbonyl (C=O) groups is 1. The van der Waals surface area contributed by atoms with Gasteiger partial charge in [0.1, 0.15) is 5.75 Å². The smallest absolute Gasteiger partial charge is 0.309 e. The van der Waals surface area contributed by atoms with Crippen LogP contribution < -0.4 is 4.74 Å². The largest absolute Gasteiger partial charge is 0.497 e. The summed E-state index contributed by atoms with van der Waals surface area (Å²) in [5, 5.41) is 24.4. The van der Waals surface area contributed by atoms with E-state index in [1.165, 1.54) is 10.4 Å². The Hall–Kier alpha value is -1.84. The molecule has 0 bridgehead atoms. The maximum Gasteiger partial charge on any atom is 0.309 e. The number of aliphatic carboxylic acids is 1. The predicted molar refractivity (Wildman–Crippen MR) is 143 cm³/mol. The first kappa shape index (κ1) is 26.2. The number of aliphatic hydroxyl groups excluding tert-OH is 1. The van der Waals surface area contributed by atoms with Gasteiger partial charge in [-0.15, -0.1) is 23.1 Å². The van der Waals surface area contributed by atoms with Crippen molar-refractivity contribution in [1.82, 2.24) is 9.88 Å². The SMILES string of the molecule is COc1ccc2ncc(Cl)c(C(O)CCC3(C(=O)O)CCN(CCCSc4cccs4)CC3)c2c1. The van der Waals surface area contributed by atoms with Crippen molar-refractivity contribution < 1.29 is 19.7 Å². The van der Waals surface area contributed by atoms with Gasteiger partial charge < -0.3 is 19.8 Å². The average molecular weight is 535 g/mol. The fraction of sp³-hybridized carbons (Fsp3) is 0.462. The molecule has 4 rings (SSSR count). The van der Waals surface area contributed by atoms with Crippen molar-refractivity contribution in [2.45, 2.75) is 42.4 Å². The maximum atomic E-state index is 12.3. The van der Waals surface area contributed by atoms with E-state index in [1.807, 2.05) is 30.0 Å². The number of hydrogen-bond acceptors (Lipinski definition) is 7. The number of pyridine rings is 1. The molecule has 1 unspecified atom stereocenters. The molecule has 2 aromatic heterocycles. The van der Waals surface area contributed by atoms with E-state index in [0.717, 1.165) is 37.2 Å². The molecule has 1 fully saturated rings. The summed E-state index contributed by atoms with van der Waals surface area (Å²) < 4.78 is 6.67. The Balaban J connectivity index is 1.35. The molecule has 0 radical (unpaired) electrons. The van der Waals surface area contributed by atoms with Crippen molar-refractivity contribution in [3.8, 4) is 5.75 Å². The first-order valence-electron chi connectivity index (χ1n) is 11.8. The van der Waals surface area contributed by atoms with E-state index >= 15 is 0 Å². The van der Waals surface area contributed by atoms with Gasteiger partial charge in [0.15, 0.2) is 0 Å². The van der Waals surface area contributed by atoms with Gasteiger partial charge in [-0.2, -0.15) is 0 Å². The maximum absolute atomic E-state index is 12.3. The monoisotopic (exact) mass is 534 g/mol. The molecule has 1 aliphatic rings. The summed E-state index contributed by atoms with van der Waals surface area (Å²) in [5.74, 6) is 0.946. The molecular formula is C26H31ClN2O4S2. The zero-order valence-electron chi connectivity index (χ0n) is 19.8. The van der Waals surface area contributed by atoms with Crippen LogP contribution in [-0.4, -0.2) is 58.6 Å². The first-order valence-corrected chi connectivity index (χ1v) is 14.1. The number of benzene rings is 1. The highest BCUT2D eigenvalue weighted by molar-refractivity contribution is 8.01. The standard InChI is InChI=1S/C26H31ClN2O4S2/c1-33-18-5-6-21-19(16-18)24(20(27)17-28-21)22(30)7-8-26(25(31)32)9-12-29(13-10-26)11-3-15-35-23-4-2-14-34-23/h2,4-6,14,16-17,22,30H,3,7-13,15H2,1H3,(H,31,32). The molecule has 1 aliphatic heterocycles. The van der Waals surface area contributed by atoms with Crippen LogP contribution in [0.2, 0.25) is 5.02 Å². The van der Waals surface area contributed by atoms with Crippen LogP contribution >= 0.6 is 34.7 Å². The van der Waals surface area contributed by atoms with Gasteiger partial charge in [-0.25, -0.2) is 0 Å². The molecule has 0 spiro atoms. The lowest BCUT2D eigenvalue weighted by Crippen LogP contribution is -2.44. The number of thioether (sulfide) groups is 1. The number of thiophene rings is 1. The Morgan fingerprint density at radius 3 is 2.83 bits per heavy atom. The second-order valence-corrected chi connectivity index (χ2v) is 11.8. The number of halogens is 1. The summed E-state index contributed by atoms with van der Waals surface area (Å²) in [6, 6.07) is 9.67. The first-order chi connectivity index (χ1) is 16.9. The van der Waals surface area contributed by atoms with Crippen molar-refractivity contribution in [1.29, 1.82) is 0 Å². The summed E-state index contributed by atoms with van der Waals surface area (Å²) in [6.07, 6.45) is 3.63. The highest BCUT2D eigenvalue weighted by Crippen LogP contribution is 2.41. The molecule has 3 heterocycles. The lowest BCUT2D eigenvalue weighted by Gasteiger charge is -2.39. The van der Waals surface area contributed by atoms with Crippen LogP contribution in [0, 0.1) is 5.41 Å². The number of piperidine rings is 1. The van der Waals surface area contributed by atoms with Crippen LogP contribution in [0.25, 0.3) is 10.9 Å². The van der Waals surface area contributed by atoms with E-state index in [4.69, 9.17) is 16.3 Å². The number of methoxy groups -OCH3 is 1. The van der Waals surface area contributed by atoms with E-state index in [-0.39, 0.29) is 0 Å². The Kier molecular flexibility index (Phi) is 8.94. The normalized spacial score (nSPS) is 16.9. The zero-order valence-corrected chi connectivity index (χ0v) is 22.2. The van der Waals surface area contributed by atoms with E-state index in [1.54, 1.807) is 18.4 Å². The lowest BCUT2D eigenvalue weighted by atomic mass is 9.74. The minimum Gasteiger partial charge on any atom is -0.497 e. The summed E-state index contributed by atoms with van der Waals surface area (Å²) in [5.41, 5.74) is 0.468. The number of likely N-dealkylation sites (tertiary alicyclic amines) is 1. The highest BCUT2D eigenvalue weighted by atomic mass is 35.5. The summed E-state index contributed by atoms with van der Waals surface area (Å²) in [4.78, 5) is 19.0. The lowest BCUT2D eigenvalue weighted by molar-refractivity contribution is -0.153. The van der Waals surface area contributed by atoms with Crippen LogP contribution in [0.5, 0.6) is 5.75 Å².